The van der Waals surface area contributed by atoms with Crippen molar-refractivity contribution in [2.45, 2.75) is 6.54 Å². The molecule has 0 aliphatic heterocycles. The van der Waals surface area contributed by atoms with Crippen molar-refractivity contribution in [3.8, 4) is 10.6 Å². The first kappa shape index (κ1) is 8.47. The Morgan fingerprint density at radius 3 is 3.23 bits per heavy atom. The Kier molecular flexibility index (Phi) is 2.42. The van der Waals surface area contributed by atoms with E-state index in [2.05, 4.69) is 26.7 Å². The average Bonchev–Trinajstić information content (AvgIpc) is 2.71. The van der Waals surface area contributed by atoms with E-state index in [1.807, 2.05) is 13.1 Å². The minimum absolute atomic E-state index is 0.827. The highest BCUT2D eigenvalue weighted by atomic mass is 32.1. The van der Waals surface area contributed by atoms with Crippen molar-refractivity contribution >= 4 is 11.3 Å². The minimum atomic E-state index is 0.827. The molecule has 0 bridgehead atoms. The monoisotopic (exact) mass is 193 g/mol. The highest BCUT2D eigenvalue weighted by molar-refractivity contribution is 7.13. The summed E-state index contributed by atoms with van der Waals surface area (Å²) in [4.78, 5) is 8.63. The van der Waals surface area contributed by atoms with Gasteiger partial charge in [-0.3, -0.25) is 0 Å². The van der Waals surface area contributed by atoms with E-state index in [0.29, 0.717) is 0 Å². The Labute approximate surface area is 80.8 Å². The van der Waals surface area contributed by atoms with E-state index in [-0.39, 0.29) is 0 Å². The van der Waals surface area contributed by atoms with Crippen LogP contribution >= 0.6 is 11.3 Å². The summed E-state index contributed by atoms with van der Waals surface area (Å²) in [6.45, 7) is 0.827. The Bertz CT molecular complexity index is 364. The van der Waals surface area contributed by atoms with E-state index < -0.39 is 0 Å². The smallest absolute Gasteiger partial charge is 0.102 e. The van der Waals surface area contributed by atoms with Crippen LogP contribution in [0.25, 0.3) is 10.6 Å². The van der Waals surface area contributed by atoms with Crippen LogP contribution in [-0.2, 0) is 6.54 Å². The first-order valence-corrected chi connectivity index (χ1v) is 5.00. The molecule has 13 heavy (non-hydrogen) atoms. The van der Waals surface area contributed by atoms with Gasteiger partial charge in [-0.15, -0.1) is 11.3 Å². The van der Waals surface area contributed by atoms with Gasteiger partial charge < -0.3 is 10.3 Å². The third-order valence-electron chi connectivity index (χ3n) is 1.83. The van der Waals surface area contributed by atoms with Crippen LogP contribution in [0.3, 0.4) is 0 Å². The van der Waals surface area contributed by atoms with Crippen LogP contribution in [0.5, 0.6) is 0 Å². The number of nitrogens with zero attached hydrogens (tertiary/aromatic N) is 1. The van der Waals surface area contributed by atoms with Crippen LogP contribution in [-0.4, -0.2) is 17.0 Å². The van der Waals surface area contributed by atoms with Crippen molar-refractivity contribution in [1.82, 2.24) is 15.3 Å². The summed E-state index contributed by atoms with van der Waals surface area (Å²) in [5, 5.41) is 5.17. The number of aromatic nitrogens is 2. The van der Waals surface area contributed by atoms with Gasteiger partial charge in [0.05, 0.1) is 16.9 Å². The summed E-state index contributed by atoms with van der Waals surface area (Å²) in [5.74, 6) is 0. The average molecular weight is 193 g/mol. The molecule has 2 aromatic heterocycles. The second-order valence-corrected chi connectivity index (χ2v) is 3.69. The second kappa shape index (κ2) is 3.72. The Hall–Kier alpha value is -1.13. The molecule has 0 atom stereocenters. The summed E-state index contributed by atoms with van der Waals surface area (Å²) in [6.07, 6.45) is 1.74. The molecular formula is C9H11N3S. The number of aromatic amines is 1. The maximum absolute atomic E-state index is 4.29. The molecule has 0 saturated heterocycles. The lowest BCUT2D eigenvalue weighted by atomic mass is 10.3. The van der Waals surface area contributed by atoms with Crippen molar-refractivity contribution in [2.75, 3.05) is 7.05 Å². The Morgan fingerprint density at radius 1 is 1.62 bits per heavy atom. The van der Waals surface area contributed by atoms with Crippen LogP contribution in [0.2, 0.25) is 0 Å². The van der Waals surface area contributed by atoms with Gasteiger partial charge in [-0.2, -0.15) is 0 Å². The minimum Gasteiger partial charge on any atom is -0.347 e. The molecule has 3 nitrogen and oxygen atoms in total. The molecule has 2 rings (SSSR count). The highest BCUT2D eigenvalue weighted by Crippen LogP contribution is 2.24. The number of imidazole rings is 1. The largest absolute Gasteiger partial charge is 0.347 e. The number of hydrogen-bond acceptors (Lipinski definition) is 3. The molecule has 0 radical (unpaired) electrons. The van der Waals surface area contributed by atoms with E-state index in [9.17, 15) is 0 Å². The van der Waals surface area contributed by atoms with Crippen molar-refractivity contribution in [3.63, 3.8) is 0 Å². The third-order valence-corrected chi connectivity index (χ3v) is 2.70. The van der Waals surface area contributed by atoms with Gasteiger partial charge in [-0.25, -0.2) is 4.98 Å². The number of rotatable bonds is 3. The predicted molar refractivity (Wildman–Crippen MR) is 54.7 cm³/mol. The molecule has 2 aromatic rings. The summed E-state index contributed by atoms with van der Waals surface area (Å²) < 4.78 is 0. The first-order valence-electron chi connectivity index (χ1n) is 4.12. The van der Waals surface area contributed by atoms with E-state index in [1.165, 1.54) is 4.88 Å². The lowest BCUT2D eigenvalue weighted by Crippen LogP contribution is -2.06. The molecule has 68 valence electrons. The van der Waals surface area contributed by atoms with Crippen LogP contribution in [0.1, 0.15) is 5.69 Å². The number of thiophene rings is 1. The van der Waals surface area contributed by atoms with E-state index in [1.54, 1.807) is 17.7 Å². The topological polar surface area (TPSA) is 40.7 Å². The predicted octanol–water partition coefficient (Wildman–Crippen LogP) is 1.86. The zero-order valence-electron chi connectivity index (χ0n) is 7.37. The standard InChI is InChI=1S/C9H11N3S/c1-10-5-7-9(12-6-11-7)8-3-2-4-13-8/h2-4,6,10H,5H2,1H3,(H,11,12). The van der Waals surface area contributed by atoms with Gasteiger partial charge in [-0.05, 0) is 18.5 Å². The lowest BCUT2D eigenvalue weighted by Gasteiger charge is -1.98. The lowest BCUT2D eigenvalue weighted by molar-refractivity contribution is 0.799. The molecule has 0 amide bonds. The number of H-pyrrole nitrogens is 1. The van der Waals surface area contributed by atoms with Crippen molar-refractivity contribution in [3.05, 3.63) is 29.5 Å². The van der Waals surface area contributed by atoms with Crippen LogP contribution in [0.4, 0.5) is 0 Å². The molecule has 4 heteroatoms. The van der Waals surface area contributed by atoms with E-state index >= 15 is 0 Å². The fraction of sp³-hybridized carbons (Fsp3) is 0.222. The van der Waals surface area contributed by atoms with E-state index in [0.717, 1.165) is 17.9 Å². The quantitative estimate of drug-likeness (QED) is 0.781. The Morgan fingerprint density at radius 2 is 2.54 bits per heavy atom. The molecule has 0 aliphatic rings. The molecule has 0 saturated carbocycles. The van der Waals surface area contributed by atoms with Crippen molar-refractivity contribution in [1.29, 1.82) is 0 Å². The van der Waals surface area contributed by atoms with Gasteiger partial charge >= 0.3 is 0 Å². The van der Waals surface area contributed by atoms with Crippen LogP contribution in [0, 0.1) is 0 Å². The zero-order valence-corrected chi connectivity index (χ0v) is 8.19. The fourth-order valence-electron chi connectivity index (χ4n) is 1.26. The second-order valence-electron chi connectivity index (χ2n) is 2.74. The van der Waals surface area contributed by atoms with Gasteiger partial charge in [0.2, 0.25) is 0 Å². The molecular weight excluding hydrogens is 182 g/mol. The summed E-state index contributed by atoms with van der Waals surface area (Å²) in [6, 6.07) is 4.12. The molecule has 0 unspecified atom stereocenters. The summed E-state index contributed by atoms with van der Waals surface area (Å²) >= 11 is 1.71. The normalized spacial score (nSPS) is 10.5. The summed E-state index contributed by atoms with van der Waals surface area (Å²) in [7, 11) is 1.93. The van der Waals surface area contributed by atoms with Gasteiger partial charge in [0.1, 0.15) is 5.69 Å². The maximum atomic E-state index is 4.29. The number of hydrogen-bond donors (Lipinski definition) is 2. The Balaban J connectivity index is 2.35. The molecule has 2 N–H and O–H groups in total. The van der Waals surface area contributed by atoms with Gasteiger partial charge in [0, 0.05) is 6.54 Å². The first-order chi connectivity index (χ1) is 6.42. The van der Waals surface area contributed by atoms with Gasteiger partial charge in [-0.1, -0.05) is 6.07 Å². The number of nitrogens with one attached hydrogen (secondary N) is 2. The molecule has 0 aromatic carbocycles. The maximum Gasteiger partial charge on any atom is 0.102 e. The third kappa shape index (κ3) is 1.64. The van der Waals surface area contributed by atoms with E-state index in [4.69, 9.17) is 0 Å². The SMILES string of the molecule is CNCc1[nH]cnc1-c1cccs1. The zero-order chi connectivity index (χ0) is 9.10. The van der Waals surface area contributed by atoms with Gasteiger partial charge in [0.15, 0.2) is 0 Å². The fourth-order valence-corrected chi connectivity index (χ4v) is 2.01. The molecule has 2 heterocycles. The molecule has 0 spiro atoms. The van der Waals surface area contributed by atoms with Crippen LogP contribution < -0.4 is 5.32 Å². The summed E-state index contributed by atoms with van der Waals surface area (Å²) in [5.41, 5.74) is 2.20. The molecule has 0 fully saturated rings. The van der Waals surface area contributed by atoms with Crippen LogP contribution in [0.15, 0.2) is 23.8 Å². The van der Waals surface area contributed by atoms with Gasteiger partial charge in [0.25, 0.3) is 0 Å². The van der Waals surface area contributed by atoms with Crippen molar-refractivity contribution in [2.24, 2.45) is 0 Å². The molecule has 0 aliphatic carbocycles. The highest BCUT2D eigenvalue weighted by Gasteiger charge is 2.07. The van der Waals surface area contributed by atoms with Crippen molar-refractivity contribution < 1.29 is 0 Å².